The van der Waals surface area contributed by atoms with Crippen molar-refractivity contribution >= 4 is 11.5 Å². The average molecular weight is 247 g/mol. The van der Waals surface area contributed by atoms with Crippen LogP contribution in [0.1, 0.15) is 18.2 Å². The summed E-state index contributed by atoms with van der Waals surface area (Å²) in [6.45, 7) is 2.38. The van der Waals surface area contributed by atoms with Crippen molar-refractivity contribution in [2.24, 2.45) is 0 Å². The smallest absolute Gasteiger partial charge is 0.269 e. The van der Waals surface area contributed by atoms with Crippen molar-refractivity contribution in [3.63, 3.8) is 0 Å². The Kier molecular flexibility index (Phi) is 3.22. The zero-order valence-corrected chi connectivity index (χ0v) is 9.91. The molecule has 0 amide bonds. The number of hydrogen-bond acceptors (Lipinski definition) is 5. The van der Waals surface area contributed by atoms with Crippen LogP contribution in [0.15, 0.2) is 24.3 Å². The van der Waals surface area contributed by atoms with Gasteiger partial charge in [0.15, 0.2) is 5.82 Å². The Balaban J connectivity index is 2.28. The van der Waals surface area contributed by atoms with Crippen LogP contribution in [0.5, 0.6) is 0 Å². The lowest BCUT2D eigenvalue weighted by atomic mass is 10.2. The van der Waals surface area contributed by atoms with Crippen LogP contribution in [0.25, 0.3) is 0 Å². The Bertz CT molecular complexity index is 579. The van der Waals surface area contributed by atoms with Crippen molar-refractivity contribution in [3.8, 4) is 0 Å². The normalized spacial score (nSPS) is 10.5. The molecule has 2 aromatic rings. The van der Waals surface area contributed by atoms with Crippen molar-refractivity contribution in [1.82, 2.24) is 15.0 Å². The summed E-state index contributed by atoms with van der Waals surface area (Å²) in [5.41, 5.74) is 7.38. The number of non-ortho nitro benzene ring substituents is 1. The summed E-state index contributed by atoms with van der Waals surface area (Å²) in [6, 6.07) is 6.45. The fourth-order valence-corrected chi connectivity index (χ4v) is 1.78. The highest BCUT2D eigenvalue weighted by molar-refractivity contribution is 5.36. The topological polar surface area (TPSA) is 99.9 Å². The highest BCUT2D eigenvalue weighted by atomic mass is 16.6. The van der Waals surface area contributed by atoms with Crippen LogP contribution in [0, 0.1) is 10.1 Å². The number of rotatable bonds is 4. The lowest BCUT2D eigenvalue weighted by molar-refractivity contribution is -0.384. The van der Waals surface area contributed by atoms with E-state index < -0.39 is 4.92 Å². The first kappa shape index (κ1) is 12.0. The molecule has 0 radical (unpaired) electrons. The van der Waals surface area contributed by atoms with Crippen LogP contribution in [0.4, 0.5) is 11.5 Å². The second-order valence-electron chi connectivity index (χ2n) is 3.86. The first-order valence-corrected chi connectivity index (χ1v) is 5.53. The Labute approximate surface area is 103 Å². The van der Waals surface area contributed by atoms with Crippen molar-refractivity contribution < 1.29 is 4.92 Å². The van der Waals surface area contributed by atoms with Gasteiger partial charge in [0.25, 0.3) is 5.69 Å². The van der Waals surface area contributed by atoms with E-state index in [2.05, 4.69) is 10.3 Å². The molecule has 0 fully saturated rings. The average Bonchev–Trinajstić information content (AvgIpc) is 2.70. The SMILES string of the molecule is CCc1c(N)nnn1Cc1cccc([N+](=O)[O-])c1. The van der Waals surface area contributed by atoms with Gasteiger partial charge in [0, 0.05) is 12.1 Å². The zero-order valence-electron chi connectivity index (χ0n) is 9.91. The van der Waals surface area contributed by atoms with Gasteiger partial charge in [-0.1, -0.05) is 24.3 Å². The number of benzene rings is 1. The van der Waals surface area contributed by atoms with Crippen molar-refractivity contribution in [1.29, 1.82) is 0 Å². The summed E-state index contributed by atoms with van der Waals surface area (Å²) in [7, 11) is 0. The van der Waals surface area contributed by atoms with Crippen LogP contribution in [0.2, 0.25) is 0 Å². The molecule has 18 heavy (non-hydrogen) atoms. The van der Waals surface area contributed by atoms with Crippen molar-refractivity contribution in [3.05, 3.63) is 45.6 Å². The third-order valence-electron chi connectivity index (χ3n) is 2.66. The van der Waals surface area contributed by atoms with E-state index in [9.17, 15) is 10.1 Å². The molecule has 0 saturated heterocycles. The summed E-state index contributed by atoms with van der Waals surface area (Å²) < 4.78 is 1.66. The number of nitrogens with two attached hydrogens (primary N) is 1. The predicted octanol–water partition coefficient (Wildman–Crippen LogP) is 1.38. The van der Waals surface area contributed by atoms with Gasteiger partial charge in [-0.15, -0.1) is 5.10 Å². The Morgan fingerprint density at radius 1 is 1.50 bits per heavy atom. The third-order valence-corrected chi connectivity index (χ3v) is 2.66. The van der Waals surface area contributed by atoms with Crippen LogP contribution in [0.3, 0.4) is 0 Å². The quantitative estimate of drug-likeness (QED) is 0.649. The van der Waals surface area contributed by atoms with Crippen molar-refractivity contribution in [2.45, 2.75) is 19.9 Å². The molecule has 1 aromatic heterocycles. The lowest BCUT2D eigenvalue weighted by Crippen LogP contribution is -2.07. The first-order chi connectivity index (χ1) is 8.61. The molecule has 7 heteroatoms. The third kappa shape index (κ3) is 2.29. The summed E-state index contributed by atoms with van der Waals surface area (Å²) in [5.74, 6) is 0.405. The van der Waals surface area contributed by atoms with E-state index in [0.717, 1.165) is 11.3 Å². The van der Waals surface area contributed by atoms with E-state index in [-0.39, 0.29) is 5.69 Å². The Morgan fingerprint density at radius 2 is 2.28 bits per heavy atom. The molecule has 0 unspecified atom stereocenters. The minimum Gasteiger partial charge on any atom is -0.381 e. The van der Waals surface area contributed by atoms with E-state index in [1.165, 1.54) is 12.1 Å². The maximum absolute atomic E-state index is 10.7. The number of hydrogen-bond donors (Lipinski definition) is 1. The van der Waals surface area contributed by atoms with Gasteiger partial charge >= 0.3 is 0 Å². The van der Waals surface area contributed by atoms with Crippen LogP contribution < -0.4 is 5.73 Å². The molecule has 0 atom stereocenters. The molecule has 1 heterocycles. The molecule has 0 aliphatic heterocycles. The second kappa shape index (κ2) is 4.82. The summed E-state index contributed by atoms with van der Waals surface area (Å²) in [5, 5.41) is 18.4. The van der Waals surface area contributed by atoms with Gasteiger partial charge in [-0.2, -0.15) is 0 Å². The maximum atomic E-state index is 10.7. The molecule has 0 aliphatic carbocycles. The Hall–Kier alpha value is -2.44. The molecule has 94 valence electrons. The molecule has 7 nitrogen and oxygen atoms in total. The monoisotopic (exact) mass is 247 g/mol. The molecule has 0 bridgehead atoms. The molecule has 2 rings (SSSR count). The minimum atomic E-state index is -0.417. The van der Waals surface area contributed by atoms with E-state index >= 15 is 0 Å². The van der Waals surface area contributed by atoms with E-state index in [1.807, 2.05) is 13.0 Å². The summed E-state index contributed by atoms with van der Waals surface area (Å²) in [4.78, 5) is 10.3. The molecule has 0 aliphatic rings. The maximum Gasteiger partial charge on any atom is 0.269 e. The standard InChI is InChI=1S/C11H13N5O2/c1-2-10-11(12)13-14-15(10)7-8-4-3-5-9(6-8)16(17)18/h3-6H,2,7,12H2,1H3. The first-order valence-electron chi connectivity index (χ1n) is 5.53. The van der Waals surface area contributed by atoms with Crippen LogP contribution in [-0.2, 0) is 13.0 Å². The number of nitro groups is 1. The fourth-order valence-electron chi connectivity index (χ4n) is 1.78. The number of nitrogens with zero attached hydrogens (tertiary/aromatic N) is 4. The molecular formula is C11H13N5O2. The van der Waals surface area contributed by atoms with Gasteiger partial charge in [-0.3, -0.25) is 10.1 Å². The predicted molar refractivity (Wildman–Crippen MR) is 66.0 cm³/mol. The van der Waals surface area contributed by atoms with E-state index in [0.29, 0.717) is 18.8 Å². The number of nitro benzene ring substituents is 1. The highest BCUT2D eigenvalue weighted by Gasteiger charge is 2.10. The Morgan fingerprint density at radius 3 is 2.94 bits per heavy atom. The highest BCUT2D eigenvalue weighted by Crippen LogP contribution is 2.16. The molecule has 1 aromatic carbocycles. The zero-order chi connectivity index (χ0) is 13.1. The van der Waals surface area contributed by atoms with Gasteiger partial charge in [-0.25, -0.2) is 4.68 Å². The lowest BCUT2D eigenvalue weighted by Gasteiger charge is -2.05. The molecule has 0 spiro atoms. The van der Waals surface area contributed by atoms with E-state index in [1.54, 1.807) is 10.7 Å². The second-order valence-corrected chi connectivity index (χ2v) is 3.86. The van der Waals surface area contributed by atoms with E-state index in [4.69, 9.17) is 5.73 Å². The van der Waals surface area contributed by atoms with Gasteiger partial charge in [-0.05, 0) is 12.0 Å². The van der Waals surface area contributed by atoms with Crippen LogP contribution in [-0.4, -0.2) is 19.9 Å². The van der Waals surface area contributed by atoms with Gasteiger partial charge in [0.2, 0.25) is 0 Å². The molecule has 0 saturated carbocycles. The van der Waals surface area contributed by atoms with Crippen LogP contribution >= 0.6 is 0 Å². The number of anilines is 1. The summed E-state index contributed by atoms with van der Waals surface area (Å²) >= 11 is 0. The number of aromatic nitrogens is 3. The number of nitrogen functional groups attached to an aromatic ring is 1. The largest absolute Gasteiger partial charge is 0.381 e. The van der Waals surface area contributed by atoms with Gasteiger partial charge in [0.1, 0.15) is 0 Å². The minimum absolute atomic E-state index is 0.0682. The van der Waals surface area contributed by atoms with Crippen molar-refractivity contribution in [2.75, 3.05) is 5.73 Å². The van der Waals surface area contributed by atoms with Gasteiger partial charge in [0.05, 0.1) is 17.2 Å². The van der Waals surface area contributed by atoms with Gasteiger partial charge < -0.3 is 5.73 Å². The molecular weight excluding hydrogens is 234 g/mol. The fraction of sp³-hybridized carbons (Fsp3) is 0.273. The summed E-state index contributed by atoms with van der Waals surface area (Å²) in [6.07, 6.45) is 0.716. The molecule has 2 N–H and O–H groups in total.